The maximum Gasteiger partial charge on any atom is 0.416 e. The second kappa shape index (κ2) is 8.28. The summed E-state index contributed by atoms with van der Waals surface area (Å²) in [7, 11) is 1.86. The quantitative estimate of drug-likeness (QED) is 0.647. The lowest BCUT2D eigenvalue weighted by Gasteiger charge is -2.18. The fraction of sp³-hybridized carbons (Fsp3) is 0.227. The molecular formula is C22H22N4O3. The highest BCUT2D eigenvalue weighted by molar-refractivity contribution is 5.94. The number of benzene rings is 2. The molecule has 0 N–H and O–H groups in total. The summed E-state index contributed by atoms with van der Waals surface area (Å²) in [5, 5.41) is 4.79. The smallest absolute Gasteiger partial charge is 0.416 e. The molecule has 1 fully saturated rings. The van der Waals surface area contributed by atoms with Crippen LogP contribution in [0.15, 0.2) is 66.9 Å². The zero-order chi connectivity index (χ0) is 20.2. The fourth-order valence-corrected chi connectivity index (χ4v) is 3.36. The first-order valence-electron chi connectivity index (χ1n) is 9.47. The SMILES string of the molecule is CN(CC(=O)N1CCOC1=O)Cc1cn(-c2ccccc2)nc1-c1ccccc1. The highest BCUT2D eigenvalue weighted by Crippen LogP contribution is 2.24. The number of nitrogens with zero attached hydrogens (tertiary/aromatic N) is 4. The molecule has 0 aliphatic carbocycles. The number of hydrogen-bond acceptors (Lipinski definition) is 5. The lowest BCUT2D eigenvalue weighted by molar-refractivity contribution is -0.128. The Morgan fingerprint density at radius 2 is 1.79 bits per heavy atom. The van der Waals surface area contributed by atoms with E-state index in [1.807, 2.05) is 83.5 Å². The number of cyclic esters (lactones) is 1. The van der Waals surface area contributed by atoms with Gasteiger partial charge < -0.3 is 4.74 Å². The predicted octanol–water partition coefficient (Wildman–Crippen LogP) is 2.95. The van der Waals surface area contributed by atoms with Crippen LogP contribution in [0.2, 0.25) is 0 Å². The monoisotopic (exact) mass is 390 g/mol. The van der Waals surface area contributed by atoms with Crippen LogP contribution in [0.5, 0.6) is 0 Å². The van der Waals surface area contributed by atoms with Crippen LogP contribution < -0.4 is 0 Å². The Morgan fingerprint density at radius 1 is 1.10 bits per heavy atom. The van der Waals surface area contributed by atoms with Crippen LogP contribution in [0.1, 0.15) is 5.56 Å². The Bertz CT molecular complexity index is 1000. The van der Waals surface area contributed by atoms with Gasteiger partial charge in [-0.05, 0) is 19.2 Å². The van der Waals surface area contributed by atoms with E-state index in [0.29, 0.717) is 13.1 Å². The summed E-state index contributed by atoms with van der Waals surface area (Å²) >= 11 is 0. The average molecular weight is 390 g/mol. The van der Waals surface area contributed by atoms with Crippen molar-refractivity contribution >= 4 is 12.0 Å². The van der Waals surface area contributed by atoms with Crippen molar-refractivity contribution in [1.82, 2.24) is 19.6 Å². The minimum atomic E-state index is -0.565. The summed E-state index contributed by atoms with van der Waals surface area (Å²) in [6, 6.07) is 19.9. The summed E-state index contributed by atoms with van der Waals surface area (Å²) in [5.41, 5.74) is 3.85. The third-order valence-corrected chi connectivity index (χ3v) is 4.77. The fourth-order valence-electron chi connectivity index (χ4n) is 3.36. The maximum atomic E-state index is 12.4. The Kier molecular flexibility index (Phi) is 5.39. The molecule has 1 saturated heterocycles. The molecule has 7 nitrogen and oxygen atoms in total. The van der Waals surface area contributed by atoms with Gasteiger partial charge in [-0.15, -0.1) is 0 Å². The van der Waals surface area contributed by atoms with Crippen LogP contribution in [0.4, 0.5) is 4.79 Å². The minimum Gasteiger partial charge on any atom is -0.447 e. The van der Waals surface area contributed by atoms with Gasteiger partial charge in [0.1, 0.15) is 6.61 Å². The first kappa shape index (κ1) is 18.9. The molecule has 0 unspecified atom stereocenters. The van der Waals surface area contributed by atoms with Crippen molar-refractivity contribution in [2.45, 2.75) is 6.54 Å². The molecular weight excluding hydrogens is 368 g/mol. The first-order valence-corrected chi connectivity index (χ1v) is 9.47. The molecule has 0 bridgehead atoms. The van der Waals surface area contributed by atoms with Crippen molar-refractivity contribution in [1.29, 1.82) is 0 Å². The van der Waals surface area contributed by atoms with Crippen LogP contribution in [0.25, 0.3) is 16.9 Å². The van der Waals surface area contributed by atoms with E-state index < -0.39 is 6.09 Å². The molecule has 7 heteroatoms. The Balaban J connectivity index is 1.57. The number of amides is 2. The Morgan fingerprint density at radius 3 is 2.45 bits per heavy atom. The third kappa shape index (κ3) is 4.20. The van der Waals surface area contributed by atoms with E-state index in [1.54, 1.807) is 0 Å². The largest absolute Gasteiger partial charge is 0.447 e. The molecule has 0 atom stereocenters. The van der Waals surface area contributed by atoms with E-state index >= 15 is 0 Å². The zero-order valence-electron chi connectivity index (χ0n) is 16.2. The average Bonchev–Trinajstić information content (AvgIpc) is 3.35. The molecule has 4 rings (SSSR count). The molecule has 0 spiro atoms. The molecule has 0 radical (unpaired) electrons. The maximum absolute atomic E-state index is 12.4. The van der Waals surface area contributed by atoms with Crippen molar-refractivity contribution in [3.05, 3.63) is 72.4 Å². The van der Waals surface area contributed by atoms with Crippen molar-refractivity contribution in [2.24, 2.45) is 0 Å². The number of imide groups is 1. The van der Waals surface area contributed by atoms with Gasteiger partial charge in [0.25, 0.3) is 0 Å². The van der Waals surface area contributed by atoms with Crippen LogP contribution in [-0.4, -0.2) is 58.3 Å². The van der Waals surface area contributed by atoms with E-state index in [4.69, 9.17) is 9.84 Å². The number of ether oxygens (including phenoxy) is 1. The van der Waals surface area contributed by atoms with Crippen LogP contribution >= 0.6 is 0 Å². The summed E-state index contributed by atoms with van der Waals surface area (Å²) in [6.45, 7) is 1.22. The van der Waals surface area contributed by atoms with Gasteiger partial charge in [-0.3, -0.25) is 9.69 Å². The minimum absolute atomic E-state index is 0.125. The highest BCUT2D eigenvalue weighted by atomic mass is 16.6. The van der Waals surface area contributed by atoms with Gasteiger partial charge in [-0.2, -0.15) is 5.10 Å². The van der Waals surface area contributed by atoms with Crippen molar-refractivity contribution in [3.8, 4) is 16.9 Å². The van der Waals surface area contributed by atoms with Gasteiger partial charge in [0.15, 0.2) is 0 Å². The lowest BCUT2D eigenvalue weighted by atomic mass is 10.1. The topological polar surface area (TPSA) is 67.7 Å². The van der Waals surface area contributed by atoms with Crippen molar-refractivity contribution < 1.29 is 14.3 Å². The predicted molar refractivity (Wildman–Crippen MR) is 108 cm³/mol. The summed E-state index contributed by atoms with van der Waals surface area (Å²) in [5.74, 6) is -0.258. The molecule has 148 valence electrons. The molecule has 2 aromatic carbocycles. The molecule has 1 aromatic heterocycles. The number of hydrogen-bond donors (Lipinski definition) is 0. The van der Waals surface area contributed by atoms with Crippen LogP contribution in [-0.2, 0) is 16.1 Å². The first-order chi connectivity index (χ1) is 14.1. The number of para-hydroxylation sites is 1. The second-order valence-corrected chi connectivity index (χ2v) is 6.98. The Labute approximate surface area is 169 Å². The second-order valence-electron chi connectivity index (χ2n) is 6.98. The van der Waals surface area contributed by atoms with Gasteiger partial charge >= 0.3 is 6.09 Å². The van der Waals surface area contributed by atoms with Gasteiger partial charge in [0.2, 0.25) is 5.91 Å². The standard InChI is InChI=1S/C22H22N4O3/c1-24(16-20(27)25-12-13-29-22(25)28)14-18-15-26(19-10-6-3-7-11-19)23-21(18)17-8-4-2-5-9-17/h2-11,15H,12-14,16H2,1H3. The zero-order valence-corrected chi connectivity index (χ0v) is 16.2. The van der Waals surface area contributed by atoms with Gasteiger partial charge in [0.05, 0.1) is 24.5 Å². The van der Waals surface area contributed by atoms with E-state index in [1.165, 1.54) is 0 Å². The Hall–Kier alpha value is -3.45. The highest BCUT2D eigenvalue weighted by Gasteiger charge is 2.29. The van der Waals surface area contributed by atoms with E-state index in [9.17, 15) is 9.59 Å². The molecule has 3 aromatic rings. The van der Waals surface area contributed by atoms with E-state index in [0.717, 1.165) is 27.4 Å². The normalized spacial score (nSPS) is 13.7. The van der Waals surface area contributed by atoms with E-state index in [-0.39, 0.29) is 19.1 Å². The van der Waals surface area contributed by atoms with Crippen molar-refractivity contribution in [3.63, 3.8) is 0 Å². The third-order valence-electron chi connectivity index (χ3n) is 4.77. The summed E-state index contributed by atoms with van der Waals surface area (Å²) in [6.07, 6.45) is 1.42. The van der Waals surface area contributed by atoms with Crippen molar-refractivity contribution in [2.75, 3.05) is 26.7 Å². The van der Waals surface area contributed by atoms with E-state index in [2.05, 4.69) is 0 Å². The molecule has 0 saturated carbocycles. The number of carbonyl (C=O) groups is 2. The number of aromatic nitrogens is 2. The van der Waals surface area contributed by atoms with Gasteiger partial charge in [-0.25, -0.2) is 14.4 Å². The lowest BCUT2D eigenvalue weighted by Crippen LogP contribution is -2.39. The summed E-state index contributed by atoms with van der Waals surface area (Å²) in [4.78, 5) is 27.0. The van der Waals surface area contributed by atoms with Crippen LogP contribution in [0, 0.1) is 0 Å². The number of carbonyl (C=O) groups excluding carboxylic acids is 2. The molecule has 2 amide bonds. The number of likely N-dealkylation sites (N-methyl/N-ethyl adjacent to an activating group) is 1. The molecule has 29 heavy (non-hydrogen) atoms. The molecule has 2 heterocycles. The number of rotatable bonds is 6. The van der Waals surface area contributed by atoms with Crippen LogP contribution in [0.3, 0.4) is 0 Å². The van der Waals surface area contributed by atoms with Gasteiger partial charge in [-0.1, -0.05) is 48.5 Å². The van der Waals surface area contributed by atoms with Gasteiger partial charge in [0, 0.05) is 23.9 Å². The molecule has 1 aliphatic heterocycles. The molecule has 1 aliphatic rings. The summed E-state index contributed by atoms with van der Waals surface area (Å²) < 4.78 is 6.70.